The van der Waals surface area contributed by atoms with Crippen LogP contribution in [0.2, 0.25) is 0 Å². The van der Waals surface area contributed by atoms with E-state index in [2.05, 4.69) is 10.2 Å². The molecule has 1 aliphatic heterocycles. The Morgan fingerprint density at radius 3 is 2.65 bits per heavy atom. The molecule has 3 atom stereocenters. The second-order valence-corrected chi connectivity index (χ2v) is 5.37. The van der Waals surface area contributed by atoms with E-state index in [1.165, 1.54) is 12.1 Å². The van der Waals surface area contributed by atoms with Gasteiger partial charge in [0.1, 0.15) is 5.82 Å². The van der Waals surface area contributed by atoms with Gasteiger partial charge in [-0.05, 0) is 44.0 Å². The predicted molar refractivity (Wildman–Crippen MR) is 76.6 cm³/mol. The fraction of sp³-hybridized carbons (Fsp3) is 0.533. The Balaban J connectivity index is 2.28. The van der Waals surface area contributed by atoms with Crippen molar-refractivity contribution in [3.63, 3.8) is 0 Å². The zero-order valence-corrected chi connectivity index (χ0v) is 12.0. The smallest absolute Gasteiger partial charge is 0.237 e. The molecular formula is C15H22FN3O. The molecule has 1 fully saturated rings. The lowest BCUT2D eigenvalue weighted by Crippen LogP contribution is -2.48. The van der Waals surface area contributed by atoms with Gasteiger partial charge in [-0.1, -0.05) is 12.1 Å². The molecule has 0 radical (unpaired) electrons. The number of nitrogens with zero attached hydrogens (tertiary/aromatic N) is 1. The van der Waals surface area contributed by atoms with Gasteiger partial charge >= 0.3 is 0 Å². The van der Waals surface area contributed by atoms with E-state index in [0.717, 1.165) is 24.9 Å². The SMILES string of the molecule is CNC(=O)C1CCCN1C(c1ccc(F)cc1)C(C)N. The number of amides is 1. The first-order chi connectivity index (χ1) is 9.54. The van der Waals surface area contributed by atoms with E-state index in [9.17, 15) is 9.18 Å². The molecule has 4 nitrogen and oxygen atoms in total. The lowest BCUT2D eigenvalue weighted by molar-refractivity contribution is -0.125. The van der Waals surface area contributed by atoms with Crippen molar-refractivity contribution in [1.29, 1.82) is 0 Å². The fourth-order valence-electron chi connectivity index (χ4n) is 3.03. The van der Waals surface area contributed by atoms with E-state index in [0.29, 0.717) is 0 Å². The first-order valence-corrected chi connectivity index (χ1v) is 7.03. The van der Waals surface area contributed by atoms with Crippen LogP contribution in [-0.4, -0.2) is 36.5 Å². The molecule has 1 heterocycles. The molecule has 2 rings (SSSR count). The number of rotatable bonds is 4. The third-order valence-corrected chi connectivity index (χ3v) is 3.91. The van der Waals surface area contributed by atoms with E-state index >= 15 is 0 Å². The van der Waals surface area contributed by atoms with Crippen LogP contribution in [0.1, 0.15) is 31.4 Å². The molecule has 0 aromatic heterocycles. The molecule has 0 saturated carbocycles. The van der Waals surface area contributed by atoms with Gasteiger partial charge in [-0.3, -0.25) is 9.69 Å². The lowest BCUT2D eigenvalue weighted by Gasteiger charge is -2.35. The van der Waals surface area contributed by atoms with Crippen LogP contribution in [0, 0.1) is 5.82 Å². The maximum Gasteiger partial charge on any atom is 0.237 e. The summed E-state index contributed by atoms with van der Waals surface area (Å²) in [4.78, 5) is 14.1. The van der Waals surface area contributed by atoms with Crippen molar-refractivity contribution in [3.8, 4) is 0 Å². The second kappa shape index (κ2) is 6.33. The van der Waals surface area contributed by atoms with Crippen LogP contribution in [0.4, 0.5) is 4.39 Å². The van der Waals surface area contributed by atoms with Gasteiger partial charge in [0.15, 0.2) is 0 Å². The van der Waals surface area contributed by atoms with Crippen LogP contribution in [-0.2, 0) is 4.79 Å². The summed E-state index contributed by atoms with van der Waals surface area (Å²) in [6.45, 7) is 2.76. The van der Waals surface area contributed by atoms with Gasteiger partial charge in [-0.25, -0.2) is 4.39 Å². The number of likely N-dealkylation sites (N-methyl/N-ethyl adjacent to an activating group) is 1. The van der Waals surface area contributed by atoms with Crippen LogP contribution in [0.3, 0.4) is 0 Å². The van der Waals surface area contributed by atoms with Crippen LogP contribution in [0.5, 0.6) is 0 Å². The maximum absolute atomic E-state index is 13.1. The number of nitrogens with one attached hydrogen (secondary N) is 1. The van der Waals surface area contributed by atoms with Crippen molar-refractivity contribution in [2.75, 3.05) is 13.6 Å². The lowest BCUT2D eigenvalue weighted by atomic mass is 9.98. The quantitative estimate of drug-likeness (QED) is 0.876. The number of carbonyl (C=O) groups is 1. The zero-order valence-electron chi connectivity index (χ0n) is 12.0. The molecule has 5 heteroatoms. The van der Waals surface area contributed by atoms with E-state index in [-0.39, 0.29) is 29.8 Å². The fourth-order valence-corrected chi connectivity index (χ4v) is 3.03. The highest BCUT2D eigenvalue weighted by atomic mass is 19.1. The molecule has 1 saturated heterocycles. The van der Waals surface area contributed by atoms with Crippen molar-refractivity contribution < 1.29 is 9.18 Å². The summed E-state index contributed by atoms with van der Waals surface area (Å²) in [5, 5.41) is 2.71. The summed E-state index contributed by atoms with van der Waals surface area (Å²) in [6.07, 6.45) is 1.81. The molecule has 0 spiro atoms. The summed E-state index contributed by atoms with van der Waals surface area (Å²) in [5.74, 6) is -0.239. The van der Waals surface area contributed by atoms with Crippen LogP contribution in [0.15, 0.2) is 24.3 Å². The van der Waals surface area contributed by atoms with Gasteiger partial charge in [-0.15, -0.1) is 0 Å². The molecule has 1 aliphatic rings. The Morgan fingerprint density at radius 2 is 2.10 bits per heavy atom. The van der Waals surface area contributed by atoms with Crippen LogP contribution >= 0.6 is 0 Å². The Bertz CT molecular complexity index is 461. The monoisotopic (exact) mass is 279 g/mol. The number of hydrogen-bond donors (Lipinski definition) is 2. The summed E-state index contributed by atoms with van der Waals surface area (Å²) in [6, 6.07) is 6.03. The van der Waals surface area contributed by atoms with E-state index < -0.39 is 0 Å². The number of nitrogens with two attached hydrogens (primary N) is 1. The van der Waals surface area contributed by atoms with Gasteiger partial charge in [-0.2, -0.15) is 0 Å². The van der Waals surface area contributed by atoms with Crippen LogP contribution in [0.25, 0.3) is 0 Å². The average molecular weight is 279 g/mol. The van der Waals surface area contributed by atoms with Crippen molar-refractivity contribution in [2.24, 2.45) is 5.73 Å². The van der Waals surface area contributed by atoms with Crippen molar-refractivity contribution in [2.45, 2.75) is 37.9 Å². The van der Waals surface area contributed by atoms with Gasteiger partial charge in [0.2, 0.25) is 5.91 Å². The minimum absolute atomic E-state index is 0.0234. The highest BCUT2D eigenvalue weighted by Gasteiger charge is 2.37. The molecule has 0 bridgehead atoms. The summed E-state index contributed by atoms with van der Waals surface area (Å²) in [7, 11) is 1.65. The molecule has 20 heavy (non-hydrogen) atoms. The van der Waals surface area contributed by atoms with Crippen molar-refractivity contribution in [3.05, 3.63) is 35.6 Å². The molecule has 0 aliphatic carbocycles. The highest BCUT2D eigenvalue weighted by Crippen LogP contribution is 2.31. The number of halogens is 1. The van der Waals surface area contributed by atoms with E-state index in [1.54, 1.807) is 19.2 Å². The van der Waals surface area contributed by atoms with Gasteiger partial charge < -0.3 is 11.1 Å². The number of benzene rings is 1. The van der Waals surface area contributed by atoms with Crippen LogP contribution < -0.4 is 11.1 Å². The number of carbonyl (C=O) groups excluding carboxylic acids is 1. The maximum atomic E-state index is 13.1. The average Bonchev–Trinajstić information content (AvgIpc) is 2.89. The first-order valence-electron chi connectivity index (χ1n) is 7.03. The molecule has 3 N–H and O–H groups in total. The third kappa shape index (κ3) is 2.99. The van der Waals surface area contributed by atoms with Gasteiger partial charge in [0, 0.05) is 13.1 Å². The third-order valence-electron chi connectivity index (χ3n) is 3.91. The minimum atomic E-state index is -0.263. The first kappa shape index (κ1) is 14.9. The van der Waals surface area contributed by atoms with Gasteiger partial charge in [0.25, 0.3) is 0 Å². The Hall–Kier alpha value is -1.46. The summed E-state index contributed by atoms with van der Waals surface area (Å²) < 4.78 is 13.1. The van der Waals surface area contributed by atoms with Gasteiger partial charge in [0.05, 0.1) is 12.1 Å². The summed E-state index contributed by atoms with van der Waals surface area (Å²) >= 11 is 0. The Morgan fingerprint density at radius 1 is 1.45 bits per heavy atom. The van der Waals surface area contributed by atoms with E-state index in [1.807, 2.05) is 6.92 Å². The topological polar surface area (TPSA) is 58.4 Å². The molecule has 1 aromatic rings. The van der Waals surface area contributed by atoms with E-state index in [4.69, 9.17) is 5.73 Å². The predicted octanol–water partition coefficient (Wildman–Crippen LogP) is 1.42. The molecule has 1 aromatic carbocycles. The Kier molecular flexibility index (Phi) is 4.73. The normalized spacial score (nSPS) is 22.5. The van der Waals surface area contributed by atoms with Crippen molar-refractivity contribution >= 4 is 5.91 Å². The minimum Gasteiger partial charge on any atom is -0.358 e. The van der Waals surface area contributed by atoms with Crippen molar-refractivity contribution in [1.82, 2.24) is 10.2 Å². The Labute approximate surface area is 119 Å². The zero-order chi connectivity index (χ0) is 14.7. The number of hydrogen-bond acceptors (Lipinski definition) is 3. The largest absolute Gasteiger partial charge is 0.358 e. The molecule has 1 amide bonds. The molecule has 3 unspecified atom stereocenters. The number of likely N-dealkylation sites (tertiary alicyclic amines) is 1. The summed E-state index contributed by atoms with van der Waals surface area (Å²) in [5.41, 5.74) is 7.08. The second-order valence-electron chi connectivity index (χ2n) is 5.37. The molecule has 110 valence electrons. The molecular weight excluding hydrogens is 257 g/mol. The highest BCUT2D eigenvalue weighted by molar-refractivity contribution is 5.81. The standard InChI is InChI=1S/C15H22FN3O/c1-10(17)14(11-5-7-12(16)8-6-11)19-9-3-4-13(19)15(20)18-2/h5-8,10,13-14H,3-4,9,17H2,1-2H3,(H,18,20).